The molecule has 2 aliphatic rings. The van der Waals surface area contributed by atoms with Crippen molar-refractivity contribution in [2.45, 2.75) is 37.5 Å². The highest BCUT2D eigenvalue weighted by atomic mass is 16.5. The molecule has 25 heavy (non-hydrogen) atoms. The number of nitrogens with one attached hydrogen (secondary N) is 1. The van der Waals surface area contributed by atoms with Gasteiger partial charge < -0.3 is 14.5 Å². The second-order valence-electron chi connectivity index (χ2n) is 6.95. The lowest BCUT2D eigenvalue weighted by atomic mass is 9.88. The number of ether oxygens (including phenoxy) is 1. The van der Waals surface area contributed by atoms with Gasteiger partial charge in [0.1, 0.15) is 23.3 Å². The lowest BCUT2D eigenvalue weighted by Gasteiger charge is -2.39. The number of hydrogen-bond donors (Lipinski definition) is 1. The van der Waals surface area contributed by atoms with Crippen molar-refractivity contribution >= 4 is 5.82 Å². The van der Waals surface area contributed by atoms with Crippen LogP contribution in [0.2, 0.25) is 0 Å². The van der Waals surface area contributed by atoms with Crippen molar-refractivity contribution in [2.75, 3.05) is 25.0 Å². The Labute approximate surface area is 147 Å². The summed E-state index contributed by atoms with van der Waals surface area (Å²) in [7, 11) is 0. The predicted octanol–water partition coefficient (Wildman–Crippen LogP) is 2.78. The number of likely N-dealkylation sites (tertiary alicyclic amines) is 1. The van der Waals surface area contributed by atoms with E-state index in [1.165, 1.54) is 0 Å². The SMILES string of the molecule is N#Cc1cccc(N[C@@H]2CO[C@@]3(CCCN(Cc4ccco4)C3)C2)n1. The average Bonchev–Trinajstić information content (AvgIpc) is 3.26. The number of aromatic nitrogens is 1. The van der Waals surface area contributed by atoms with E-state index in [9.17, 15) is 0 Å². The summed E-state index contributed by atoms with van der Waals surface area (Å²) in [5, 5.41) is 12.4. The molecular weight excluding hydrogens is 316 g/mol. The molecule has 4 heterocycles. The molecule has 2 atom stereocenters. The van der Waals surface area contributed by atoms with E-state index in [0.29, 0.717) is 12.3 Å². The fraction of sp³-hybridized carbons (Fsp3) is 0.474. The van der Waals surface area contributed by atoms with Crippen LogP contribution >= 0.6 is 0 Å². The van der Waals surface area contributed by atoms with Gasteiger partial charge in [-0.2, -0.15) is 5.26 Å². The van der Waals surface area contributed by atoms with Gasteiger partial charge in [-0.15, -0.1) is 0 Å². The first-order valence-corrected chi connectivity index (χ1v) is 8.77. The molecule has 0 radical (unpaired) electrons. The van der Waals surface area contributed by atoms with Crippen LogP contribution in [0.3, 0.4) is 0 Å². The predicted molar refractivity (Wildman–Crippen MR) is 92.9 cm³/mol. The summed E-state index contributed by atoms with van der Waals surface area (Å²) >= 11 is 0. The standard InChI is InChI=1S/C19H22N4O2/c20-11-15-4-1-6-18(21-15)22-16-10-19(25-13-16)7-3-8-23(14-19)12-17-5-2-9-24-17/h1-2,4-6,9,16H,3,7-8,10,12-14H2,(H,21,22)/t16-,19-/m0/s1. The first kappa shape index (κ1) is 16.1. The molecule has 1 N–H and O–H groups in total. The molecule has 2 fully saturated rings. The minimum Gasteiger partial charge on any atom is -0.468 e. The van der Waals surface area contributed by atoms with Gasteiger partial charge in [0.15, 0.2) is 0 Å². The molecule has 0 bridgehead atoms. The summed E-state index contributed by atoms with van der Waals surface area (Å²) in [4.78, 5) is 6.72. The van der Waals surface area contributed by atoms with Crippen LogP contribution in [0.4, 0.5) is 5.82 Å². The molecule has 2 saturated heterocycles. The summed E-state index contributed by atoms with van der Waals surface area (Å²) in [6, 6.07) is 11.7. The Balaban J connectivity index is 1.38. The largest absolute Gasteiger partial charge is 0.468 e. The van der Waals surface area contributed by atoms with E-state index < -0.39 is 0 Å². The number of pyridine rings is 1. The number of anilines is 1. The van der Waals surface area contributed by atoms with Crippen LogP contribution in [-0.4, -0.2) is 41.2 Å². The average molecular weight is 338 g/mol. The molecule has 130 valence electrons. The molecule has 0 amide bonds. The lowest BCUT2D eigenvalue weighted by Crippen LogP contribution is -2.47. The molecule has 6 heteroatoms. The second-order valence-corrected chi connectivity index (χ2v) is 6.95. The van der Waals surface area contributed by atoms with Crippen LogP contribution in [0.25, 0.3) is 0 Å². The smallest absolute Gasteiger partial charge is 0.142 e. The van der Waals surface area contributed by atoms with Gasteiger partial charge in [0.25, 0.3) is 0 Å². The first-order valence-electron chi connectivity index (χ1n) is 8.77. The van der Waals surface area contributed by atoms with E-state index in [2.05, 4.69) is 21.3 Å². The van der Waals surface area contributed by atoms with Gasteiger partial charge in [-0.1, -0.05) is 6.07 Å². The van der Waals surface area contributed by atoms with Gasteiger partial charge in [-0.3, -0.25) is 4.90 Å². The summed E-state index contributed by atoms with van der Waals surface area (Å²) in [5.41, 5.74) is 0.343. The summed E-state index contributed by atoms with van der Waals surface area (Å²) in [6.45, 7) is 3.52. The summed E-state index contributed by atoms with van der Waals surface area (Å²) in [5.74, 6) is 1.75. The number of piperidine rings is 1. The van der Waals surface area contributed by atoms with Gasteiger partial charge in [0.2, 0.25) is 0 Å². The van der Waals surface area contributed by atoms with Gasteiger partial charge in [0, 0.05) is 13.0 Å². The minimum atomic E-state index is -0.0879. The highest BCUT2D eigenvalue weighted by molar-refractivity contribution is 5.39. The van der Waals surface area contributed by atoms with Gasteiger partial charge in [0.05, 0.1) is 31.1 Å². The quantitative estimate of drug-likeness (QED) is 0.924. The Morgan fingerprint density at radius 1 is 1.36 bits per heavy atom. The molecule has 0 aromatic carbocycles. The fourth-order valence-electron chi connectivity index (χ4n) is 3.96. The third-order valence-corrected chi connectivity index (χ3v) is 5.00. The molecule has 4 rings (SSSR count). The Hall–Kier alpha value is -2.36. The molecule has 6 nitrogen and oxygen atoms in total. The minimum absolute atomic E-state index is 0.0879. The van der Waals surface area contributed by atoms with Gasteiger partial charge in [-0.05, 0) is 43.7 Å². The first-order chi connectivity index (χ1) is 12.2. The second kappa shape index (κ2) is 6.87. The Morgan fingerprint density at radius 3 is 3.16 bits per heavy atom. The highest BCUT2D eigenvalue weighted by Crippen LogP contribution is 2.36. The van der Waals surface area contributed by atoms with E-state index in [1.807, 2.05) is 24.3 Å². The van der Waals surface area contributed by atoms with Crippen LogP contribution in [0.5, 0.6) is 0 Å². The molecule has 2 aliphatic heterocycles. The summed E-state index contributed by atoms with van der Waals surface area (Å²) < 4.78 is 11.7. The molecule has 2 aromatic heterocycles. The zero-order chi connectivity index (χ0) is 17.1. The Morgan fingerprint density at radius 2 is 2.32 bits per heavy atom. The number of hydrogen-bond acceptors (Lipinski definition) is 6. The van der Waals surface area contributed by atoms with Crippen molar-refractivity contribution in [1.29, 1.82) is 5.26 Å². The van der Waals surface area contributed by atoms with E-state index >= 15 is 0 Å². The maximum atomic E-state index is 8.98. The van der Waals surface area contributed by atoms with Crippen LogP contribution in [-0.2, 0) is 11.3 Å². The Bertz CT molecular complexity index is 755. The maximum absolute atomic E-state index is 8.98. The molecule has 0 aliphatic carbocycles. The van der Waals surface area contributed by atoms with E-state index in [-0.39, 0.29) is 11.6 Å². The van der Waals surface area contributed by atoms with Crippen molar-refractivity contribution in [3.8, 4) is 6.07 Å². The summed E-state index contributed by atoms with van der Waals surface area (Å²) in [6.07, 6.45) is 4.91. The lowest BCUT2D eigenvalue weighted by molar-refractivity contribution is -0.0544. The van der Waals surface area contributed by atoms with Crippen molar-refractivity contribution in [2.24, 2.45) is 0 Å². The topological polar surface area (TPSA) is 74.3 Å². The normalized spacial score (nSPS) is 26.6. The van der Waals surface area contributed by atoms with Crippen LogP contribution in [0.1, 0.15) is 30.7 Å². The van der Waals surface area contributed by atoms with E-state index in [4.69, 9.17) is 14.4 Å². The van der Waals surface area contributed by atoms with Crippen molar-refractivity contribution in [3.05, 3.63) is 48.0 Å². The molecular formula is C19H22N4O2. The monoisotopic (exact) mass is 338 g/mol. The number of furan rings is 1. The fourth-order valence-corrected chi connectivity index (χ4v) is 3.96. The third kappa shape index (κ3) is 3.68. The third-order valence-electron chi connectivity index (χ3n) is 5.00. The van der Waals surface area contributed by atoms with E-state index in [1.54, 1.807) is 12.3 Å². The van der Waals surface area contributed by atoms with Crippen molar-refractivity contribution < 1.29 is 9.15 Å². The van der Waals surface area contributed by atoms with Gasteiger partial charge in [-0.25, -0.2) is 4.98 Å². The van der Waals surface area contributed by atoms with Gasteiger partial charge >= 0.3 is 0 Å². The molecule has 1 spiro atoms. The highest BCUT2D eigenvalue weighted by Gasteiger charge is 2.43. The Kier molecular flexibility index (Phi) is 4.43. The molecule has 0 saturated carbocycles. The maximum Gasteiger partial charge on any atom is 0.142 e. The van der Waals surface area contributed by atoms with Crippen molar-refractivity contribution in [1.82, 2.24) is 9.88 Å². The number of nitriles is 1. The van der Waals surface area contributed by atoms with Crippen LogP contribution < -0.4 is 5.32 Å². The zero-order valence-electron chi connectivity index (χ0n) is 14.1. The molecule has 0 unspecified atom stereocenters. The molecule has 2 aromatic rings. The number of nitrogens with zero attached hydrogens (tertiary/aromatic N) is 3. The number of rotatable bonds is 4. The van der Waals surface area contributed by atoms with Crippen LogP contribution in [0.15, 0.2) is 41.0 Å². The van der Waals surface area contributed by atoms with E-state index in [0.717, 1.165) is 50.5 Å². The van der Waals surface area contributed by atoms with Crippen LogP contribution in [0, 0.1) is 11.3 Å². The zero-order valence-corrected chi connectivity index (χ0v) is 14.1. The van der Waals surface area contributed by atoms with Crippen molar-refractivity contribution in [3.63, 3.8) is 0 Å².